The van der Waals surface area contributed by atoms with E-state index in [0.717, 1.165) is 30.3 Å². The van der Waals surface area contributed by atoms with Gasteiger partial charge in [0.25, 0.3) is 0 Å². The van der Waals surface area contributed by atoms with Crippen molar-refractivity contribution in [2.75, 3.05) is 18.0 Å². The van der Waals surface area contributed by atoms with Crippen molar-refractivity contribution in [3.05, 3.63) is 11.1 Å². The summed E-state index contributed by atoms with van der Waals surface area (Å²) in [6, 6.07) is 0.0273. The molecule has 1 saturated heterocycles. The molecular formula is C16H27N3O2S. The zero-order chi connectivity index (χ0) is 16.7. The average molecular weight is 325 g/mol. The fraction of sp³-hybridized carbons (Fsp3) is 0.750. The molecule has 0 bridgehead atoms. The molecule has 0 aromatic carbocycles. The highest BCUT2D eigenvalue weighted by Crippen LogP contribution is 2.32. The molecule has 5 nitrogen and oxygen atoms in total. The van der Waals surface area contributed by atoms with Crippen LogP contribution < -0.4 is 4.90 Å². The summed E-state index contributed by atoms with van der Waals surface area (Å²) in [4.78, 5) is 20.2. The standard InChI is InChI=1S/C16H27N3O2S/c1-15(2,3)12-10-22-13(17-12)18-8-7-11(9-18)19(14(20)21)16(4,5)6/h10-11H,7-9H2,1-6H3,(H,20,21). The second-order valence-electron chi connectivity index (χ2n) is 7.98. The molecule has 22 heavy (non-hydrogen) atoms. The molecule has 1 aromatic rings. The van der Waals surface area contributed by atoms with Crippen molar-refractivity contribution in [3.63, 3.8) is 0 Å². The Morgan fingerprint density at radius 3 is 2.45 bits per heavy atom. The molecule has 1 aliphatic heterocycles. The van der Waals surface area contributed by atoms with Crippen LogP contribution in [-0.2, 0) is 5.41 Å². The molecule has 0 radical (unpaired) electrons. The molecule has 1 amide bonds. The van der Waals surface area contributed by atoms with Crippen LogP contribution in [-0.4, -0.2) is 45.8 Å². The number of hydrogen-bond acceptors (Lipinski definition) is 4. The fourth-order valence-corrected chi connectivity index (χ4v) is 3.96. The number of hydrogen-bond donors (Lipinski definition) is 1. The van der Waals surface area contributed by atoms with E-state index in [1.54, 1.807) is 16.2 Å². The third kappa shape index (κ3) is 3.54. The van der Waals surface area contributed by atoms with E-state index < -0.39 is 6.09 Å². The van der Waals surface area contributed by atoms with Gasteiger partial charge >= 0.3 is 6.09 Å². The summed E-state index contributed by atoms with van der Waals surface area (Å²) in [6.45, 7) is 13.9. The van der Waals surface area contributed by atoms with Gasteiger partial charge in [-0.3, -0.25) is 4.90 Å². The van der Waals surface area contributed by atoms with Gasteiger partial charge in [0.2, 0.25) is 0 Å². The van der Waals surface area contributed by atoms with Crippen LogP contribution in [0.25, 0.3) is 0 Å². The molecule has 0 saturated carbocycles. The molecule has 1 unspecified atom stereocenters. The van der Waals surface area contributed by atoms with Crippen molar-refractivity contribution in [1.29, 1.82) is 0 Å². The van der Waals surface area contributed by atoms with Crippen LogP contribution in [0.1, 0.15) is 53.7 Å². The lowest BCUT2D eigenvalue weighted by Gasteiger charge is -2.37. The number of anilines is 1. The molecule has 0 spiro atoms. The minimum Gasteiger partial charge on any atom is -0.465 e. The fourth-order valence-electron chi connectivity index (χ4n) is 2.87. The van der Waals surface area contributed by atoms with Crippen molar-refractivity contribution in [2.45, 2.75) is 65.0 Å². The van der Waals surface area contributed by atoms with Gasteiger partial charge in [-0.1, -0.05) is 20.8 Å². The first-order valence-electron chi connectivity index (χ1n) is 7.73. The largest absolute Gasteiger partial charge is 0.465 e. The Bertz CT molecular complexity index is 542. The number of thiazole rings is 1. The van der Waals surface area contributed by atoms with Crippen LogP contribution in [0.4, 0.5) is 9.93 Å². The summed E-state index contributed by atoms with van der Waals surface area (Å²) in [5, 5.41) is 12.6. The van der Waals surface area contributed by atoms with E-state index in [1.807, 2.05) is 20.8 Å². The summed E-state index contributed by atoms with van der Waals surface area (Å²) in [5.41, 5.74) is 0.764. The van der Waals surface area contributed by atoms with E-state index >= 15 is 0 Å². The van der Waals surface area contributed by atoms with E-state index in [-0.39, 0.29) is 17.0 Å². The van der Waals surface area contributed by atoms with E-state index in [2.05, 4.69) is 31.1 Å². The lowest BCUT2D eigenvalue weighted by Crippen LogP contribution is -2.52. The second-order valence-corrected chi connectivity index (χ2v) is 8.81. The number of amides is 1. The summed E-state index contributed by atoms with van der Waals surface area (Å²) >= 11 is 1.65. The van der Waals surface area contributed by atoms with Crippen LogP contribution in [0.15, 0.2) is 5.38 Å². The molecule has 6 heteroatoms. The predicted molar refractivity (Wildman–Crippen MR) is 91.0 cm³/mol. The van der Waals surface area contributed by atoms with Crippen molar-refractivity contribution < 1.29 is 9.90 Å². The summed E-state index contributed by atoms with van der Waals surface area (Å²) in [6.07, 6.45) is 0.0162. The number of carbonyl (C=O) groups is 1. The smallest absolute Gasteiger partial charge is 0.408 e. The topological polar surface area (TPSA) is 56.7 Å². The molecule has 1 N–H and O–H groups in total. The lowest BCUT2D eigenvalue weighted by atomic mass is 9.93. The van der Waals surface area contributed by atoms with Crippen molar-refractivity contribution in [2.24, 2.45) is 0 Å². The van der Waals surface area contributed by atoms with E-state index in [4.69, 9.17) is 4.98 Å². The summed E-state index contributed by atoms with van der Waals surface area (Å²) < 4.78 is 0. The zero-order valence-electron chi connectivity index (χ0n) is 14.4. The predicted octanol–water partition coefficient (Wildman–Crippen LogP) is 3.80. The van der Waals surface area contributed by atoms with Crippen LogP contribution in [0.2, 0.25) is 0 Å². The van der Waals surface area contributed by atoms with Crippen molar-refractivity contribution in [3.8, 4) is 0 Å². The van der Waals surface area contributed by atoms with Gasteiger partial charge in [-0.2, -0.15) is 0 Å². The highest BCUT2D eigenvalue weighted by Gasteiger charge is 2.38. The zero-order valence-corrected chi connectivity index (χ0v) is 15.2. The molecule has 2 heterocycles. The summed E-state index contributed by atoms with van der Waals surface area (Å²) in [7, 11) is 0. The van der Waals surface area contributed by atoms with Gasteiger partial charge in [0, 0.05) is 29.4 Å². The molecular weight excluding hydrogens is 298 g/mol. The normalized spacial score (nSPS) is 19.5. The maximum absolute atomic E-state index is 11.6. The molecule has 1 fully saturated rings. The van der Waals surface area contributed by atoms with Crippen LogP contribution in [0.5, 0.6) is 0 Å². The first kappa shape index (κ1) is 17.1. The Hall–Kier alpha value is -1.30. The van der Waals surface area contributed by atoms with Crippen LogP contribution in [0.3, 0.4) is 0 Å². The Kier molecular flexibility index (Phi) is 4.44. The quantitative estimate of drug-likeness (QED) is 0.898. The highest BCUT2D eigenvalue weighted by molar-refractivity contribution is 7.13. The first-order chi connectivity index (χ1) is 10.00. The number of nitrogens with zero attached hydrogens (tertiary/aromatic N) is 3. The van der Waals surface area contributed by atoms with Gasteiger partial charge < -0.3 is 10.0 Å². The van der Waals surface area contributed by atoms with Crippen LogP contribution in [0, 0.1) is 0 Å². The van der Waals surface area contributed by atoms with E-state index in [0.29, 0.717) is 0 Å². The Morgan fingerprint density at radius 1 is 1.36 bits per heavy atom. The van der Waals surface area contributed by atoms with Gasteiger partial charge in [-0.05, 0) is 27.2 Å². The van der Waals surface area contributed by atoms with Crippen LogP contribution >= 0.6 is 11.3 Å². The van der Waals surface area contributed by atoms with E-state index in [9.17, 15) is 9.90 Å². The number of rotatable bonds is 2. The molecule has 2 rings (SSSR count). The van der Waals surface area contributed by atoms with Gasteiger partial charge in [0.15, 0.2) is 5.13 Å². The van der Waals surface area contributed by atoms with Gasteiger partial charge in [0.1, 0.15) is 0 Å². The third-order valence-corrected chi connectivity index (χ3v) is 4.89. The third-order valence-electron chi connectivity index (χ3n) is 3.99. The van der Waals surface area contributed by atoms with Gasteiger partial charge in [-0.25, -0.2) is 9.78 Å². The SMILES string of the molecule is CC(C)(C)c1csc(N2CCC(N(C(=O)O)C(C)(C)C)C2)n1. The maximum Gasteiger partial charge on any atom is 0.408 e. The molecule has 124 valence electrons. The molecule has 1 aromatic heterocycles. The lowest BCUT2D eigenvalue weighted by molar-refractivity contribution is 0.0763. The van der Waals surface area contributed by atoms with Gasteiger partial charge in [0.05, 0.1) is 11.7 Å². The molecule has 1 aliphatic rings. The number of aromatic nitrogens is 1. The molecule has 0 aliphatic carbocycles. The minimum atomic E-state index is -0.839. The molecule has 1 atom stereocenters. The van der Waals surface area contributed by atoms with Gasteiger partial charge in [-0.15, -0.1) is 11.3 Å². The van der Waals surface area contributed by atoms with Crippen molar-refractivity contribution in [1.82, 2.24) is 9.88 Å². The Morgan fingerprint density at radius 2 is 2.00 bits per heavy atom. The monoisotopic (exact) mass is 325 g/mol. The van der Waals surface area contributed by atoms with E-state index in [1.165, 1.54) is 0 Å². The number of carboxylic acid groups (broad SMARTS) is 1. The average Bonchev–Trinajstić information content (AvgIpc) is 2.91. The summed E-state index contributed by atoms with van der Waals surface area (Å²) in [5.74, 6) is 0. The first-order valence-corrected chi connectivity index (χ1v) is 8.61. The minimum absolute atomic E-state index is 0.0273. The van der Waals surface area contributed by atoms with Crippen molar-refractivity contribution >= 4 is 22.6 Å². The second kappa shape index (κ2) is 5.72. The Balaban J connectivity index is 2.12. The maximum atomic E-state index is 11.6. The Labute approximate surface area is 137 Å². The highest BCUT2D eigenvalue weighted by atomic mass is 32.1.